The van der Waals surface area contributed by atoms with Crippen LogP contribution in [0.2, 0.25) is 0 Å². The summed E-state index contributed by atoms with van der Waals surface area (Å²) in [5, 5.41) is 4.63. The number of H-pyrrole nitrogens is 1. The zero-order valence-electron chi connectivity index (χ0n) is 11.7. The first-order chi connectivity index (χ1) is 9.70. The summed E-state index contributed by atoms with van der Waals surface area (Å²) in [6.07, 6.45) is 1.95. The van der Waals surface area contributed by atoms with Gasteiger partial charge in [0.2, 0.25) is 0 Å². The molecule has 0 aliphatic heterocycles. The summed E-state index contributed by atoms with van der Waals surface area (Å²) >= 11 is 0. The van der Waals surface area contributed by atoms with Crippen molar-refractivity contribution in [2.45, 2.75) is 26.7 Å². The lowest BCUT2D eigenvalue weighted by atomic mass is 10.1. The predicted molar refractivity (Wildman–Crippen MR) is 80.0 cm³/mol. The third kappa shape index (κ3) is 2.03. The zero-order valence-corrected chi connectivity index (χ0v) is 11.7. The van der Waals surface area contributed by atoms with Crippen molar-refractivity contribution >= 4 is 5.65 Å². The second-order valence-electron chi connectivity index (χ2n) is 4.98. The van der Waals surface area contributed by atoms with Crippen LogP contribution in [-0.2, 0) is 6.42 Å². The Hall–Kier alpha value is -2.36. The van der Waals surface area contributed by atoms with Gasteiger partial charge in [0.25, 0.3) is 5.56 Å². The van der Waals surface area contributed by atoms with Gasteiger partial charge in [-0.3, -0.25) is 4.79 Å². The number of aromatic amines is 1. The molecule has 1 aromatic carbocycles. The van der Waals surface area contributed by atoms with Crippen LogP contribution in [0.4, 0.5) is 0 Å². The van der Waals surface area contributed by atoms with Crippen LogP contribution in [0.1, 0.15) is 24.6 Å². The number of hydrogen-bond donors (Lipinski definition) is 1. The molecule has 20 heavy (non-hydrogen) atoms. The molecule has 2 aromatic heterocycles. The van der Waals surface area contributed by atoms with Crippen molar-refractivity contribution in [3.8, 4) is 11.3 Å². The highest BCUT2D eigenvalue weighted by Gasteiger charge is 2.13. The Bertz CT molecular complexity index is 800. The first-order valence-electron chi connectivity index (χ1n) is 6.87. The van der Waals surface area contributed by atoms with Gasteiger partial charge in [-0.2, -0.15) is 5.10 Å². The highest BCUT2D eigenvalue weighted by Crippen LogP contribution is 2.21. The van der Waals surface area contributed by atoms with Crippen molar-refractivity contribution in [3.05, 3.63) is 58.0 Å². The molecule has 0 spiro atoms. The van der Waals surface area contributed by atoms with E-state index in [2.05, 4.69) is 17.0 Å². The standard InChI is InChI=1S/C16H17N3O/c1-3-7-13-10-14-17-16(20)11(2)15(19(14)18-13)12-8-5-4-6-9-12/h4-6,8-10H,3,7H2,1-2H3,(H,17,20). The van der Waals surface area contributed by atoms with Crippen LogP contribution in [0.25, 0.3) is 16.9 Å². The minimum Gasteiger partial charge on any atom is -0.307 e. The van der Waals surface area contributed by atoms with Crippen LogP contribution < -0.4 is 5.56 Å². The zero-order chi connectivity index (χ0) is 14.1. The molecule has 4 heteroatoms. The van der Waals surface area contributed by atoms with Crippen LogP contribution in [0.15, 0.2) is 41.2 Å². The first-order valence-corrected chi connectivity index (χ1v) is 6.87. The second-order valence-corrected chi connectivity index (χ2v) is 4.98. The van der Waals surface area contributed by atoms with Crippen molar-refractivity contribution in [3.63, 3.8) is 0 Å². The van der Waals surface area contributed by atoms with Gasteiger partial charge in [-0.1, -0.05) is 43.7 Å². The molecule has 0 aliphatic rings. The van der Waals surface area contributed by atoms with Crippen LogP contribution in [0.3, 0.4) is 0 Å². The minimum atomic E-state index is -0.0562. The molecule has 3 aromatic rings. The molecule has 0 unspecified atom stereocenters. The fraction of sp³-hybridized carbons (Fsp3) is 0.250. The SMILES string of the molecule is CCCc1cc2[nH]c(=O)c(C)c(-c3ccccc3)n2n1. The number of rotatable bonds is 3. The molecule has 3 rings (SSSR count). The molecule has 2 heterocycles. The number of nitrogens with zero attached hydrogens (tertiary/aromatic N) is 2. The number of fused-ring (bicyclic) bond motifs is 1. The van der Waals surface area contributed by atoms with Gasteiger partial charge in [-0.15, -0.1) is 0 Å². The summed E-state index contributed by atoms with van der Waals surface area (Å²) in [6, 6.07) is 11.9. The summed E-state index contributed by atoms with van der Waals surface area (Å²) in [7, 11) is 0. The van der Waals surface area contributed by atoms with Gasteiger partial charge >= 0.3 is 0 Å². The summed E-state index contributed by atoms with van der Waals surface area (Å²) in [6.45, 7) is 3.96. The molecule has 0 amide bonds. The van der Waals surface area contributed by atoms with Crippen LogP contribution in [-0.4, -0.2) is 14.6 Å². The average Bonchev–Trinajstić information content (AvgIpc) is 2.83. The fourth-order valence-corrected chi connectivity index (χ4v) is 2.48. The van der Waals surface area contributed by atoms with Gasteiger partial charge in [0, 0.05) is 17.2 Å². The maximum atomic E-state index is 12.1. The summed E-state index contributed by atoms with van der Waals surface area (Å²) in [5.41, 5.74) is 4.27. The Kier molecular flexibility index (Phi) is 3.14. The third-order valence-electron chi connectivity index (χ3n) is 3.46. The largest absolute Gasteiger partial charge is 0.307 e. The summed E-state index contributed by atoms with van der Waals surface area (Å²) in [4.78, 5) is 15.0. The van der Waals surface area contributed by atoms with E-state index in [0.29, 0.717) is 5.56 Å². The van der Waals surface area contributed by atoms with Crippen molar-refractivity contribution < 1.29 is 0 Å². The van der Waals surface area contributed by atoms with E-state index in [1.54, 1.807) is 0 Å². The smallest absolute Gasteiger partial charge is 0.254 e. The average molecular weight is 267 g/mol. The van der Waals surface area contributed by atoms with E-state index in [1.807, 2.05) is 47.8 Å². The Labute approximate surface area is 117 Å². The highest BCUT2D eigenvalue weighted by atomic mass is 16.1. The Balaban J connectivity index is 2.33. The van der Waals surface area contributed by atoms with Gasteiger partial charge in [-0.25, -0.2) is 4.52 Å². The molecule has 0 radical (unpaired) electrons. The molecule has 102 valence electrons. The summed E-state index contributed by atoms with van der Waals surface area (Å²) < 4.78 is 1.84. The molecule has 0 saturated carbocycles. The number of aromatic nitrogens is 3. The van der Waals surface area contributed by atoms with E-state index in [4.69, 9.17) is 0 Å². The topological polar surface area (TPSA) is 50.2 Å². The van der Waals surface area contributed by atoms with E-state index in [0.717, 1.165) is 35.4 Å². The van der Waals surface area contributed by atoms with Crippen LogP contribution >= 0.6 is 0 Å². The van der Waals surface area contributed by atoms with Gasteiger partial charge in [-0.05, 0) is 13.3 Å². The molecule has 0 bridgehead atoms. The number of benzene rings is 1. The minimum absolute atomic E-state index is 0.0562. The van der Waals surface area contributed by atoms with Crippen molar-refractivity contribution in [2.75, 3.05) is 0 Å². The van der Waals surface area contributed by atoms with Crippen LogP contribution in [0.5, 0.6) is 0 Å². The van der Waals surface area contributed by atoms with Crippen molar-refractivity contribution in [2.24, 2.45) is 0 Å². The van der Waals surface area contributed by atoms with E-state index < -0.39 is 0 Å². The lowest BCUT2D eigenvalue weighted by Crippen LogP contribution is -2.15. The third-order valence-corrected chi connectivity index (χ3v) is 3.46. The fourth-order valence-electron chi connectivity index (χ4n) is 2.48. The maximum Gasteiger partial charge on any atom is 0.254 e. The summed E-state index contributed by atoms with van der Waals surface area (Å²) in [5.74, 6) is 0. The number of nitrogens with one attached hydrogen (secondary N) is 1. The molecule has 0 atom stereocenters. The molecular formula is C16H17N3O. The predicted octanol–water partition coefficient (Wildman–Crippen LogP) is 2.95. The number of hydrogen-bond acceptors (Lipinski definition) is 2. The number of aryl methyl sites for hydroxylation is 1. The molecular weight excluding hydrogens is 250 g/mol. The molecule has 4 nitrogen and oxygen atoms in total. The van der Waals surface area contributed by atoms with Gasteiger partial charge < -0.3 is 4.98 Å². The van der Waals surface area contributed by atoms with Crippen LogP contribution in [0, 0.1) is 6.92 Å². The lowest BCUT2D eigenvalue weighted by molar-refractivity contribution is 0.832. The van der Waals surface area contributed by atoms with E-state index in [1.165, 1.54) is 0 Å². The van der Waals surface area contributed by atoms with E-state index in [9.17, 15) is 4.79 Å². The highest BCUT2D eigenvalue weighted by molar-refractivity contribution is 5.65. The normalized spacial score (nSPS) is 11.1. The monoisotopic (exact) mass is 267 g/mol. The Morgan fingerprint density at radius 2 is 2.00 bits per heavy atom. The van der Waals surface area contributed by atoms with Gasteiger partial charge in [0.1, 0.15) is 5.65 Å². The van der Waals surface area contributed by atoms with E-state index >= 15 is 0 Å². The second kappa shape index (κ2) is 4.96. The lowest BCUT2D eigenvalue weighted by Gasteiger charge is -2.08. The Morgan fingerprint density at radius 1 is 1.25 bits per heavy atom. The molecule has 0 aliphatic carbocycles. The van der Waals surface area contributed by atoms with Gasteiger partial charge in [0.15, 0.2) is 0 Å². The molecule has 1 N–H and O–H groups in total. The van der Waals surface area contributed by atoms with E-state index in [-0.39, 0.29) is 5.56 Å². The quantitative estimate of drug-likeness (QED) is 0.793. The first kappa shape index (κ1) is 12.7. The maximum absolute atomic E-state index is 12.1. The van der Waals surface area contributed by atoms with Crippen molar-refractivity contribution in [1.82, 2.24) is 14.6 Å². The van der Waals surface area contributed by atoms with Gasteiger partial charge in [0.05, 0.1) is 11.4 Å². The van der Waals surface area contributed by atoms with Crippen molar-refractivity contribution in [1.29, 1.82) is 0 Å². The molecule has 0 fully saturated rings. The Morgan fingerprint density at radius 3 is 2.70 bits per heavy atom. The molecule has 0 saturated heterocycles.